The standard InChI is InChI=1S/C17H19BCl2FN3O2/c1-16(2)17(3,4)26-18(25-16)15(21)8-13-10-24(23-22-13)9-11-5-6-12(19)7-14(11)20/h5-8,10H,9H2,1-4H3. The van der Waals surface area contributed by atoms with Gasteiger partial charge in [0.2, 0.25) is 0 Å². The van der Waals surface area contributed by atoms with Gasteiger partial charge in [-0.25, -0.2) is 9.07 Å². The maximum absolute atomic E-state index is 14.5. The second-order valence-corrected chi connectivity index (χ2v) is 8.04. The van der Waals surface area contributed by atoms with E-state index in [1.807, 2.05) is 33.8 Å². The van der Waals surface area contributed by atoms with Gasteiger partial charge in [-0.3, -0.25) is 0 Å². The Hall–Kier alpha value is -1.41. The zero-order chi connectivity index (χ0) is 19.1. The molecular formula is C17H19BCl2FN3O2. The first-order chi connectivity index (χ1) is 12.1. The maximum Gasteiger partial charge on any atom is 0.525 e. The van der Waals surface area contributed by atoms with Crippen molar-refractivity contribution in [3.63, 3.8) is 0 Å². The summed E-state index contributed by atoms with van der Waals surface area (Å²) in [5.74, 6) is 0. The molecule has 0 spiro atoms. The fraction of sp³-hybridized carbons (Fsp3) is 0.412. The number of halogens is 3. The van der Waals surface area contributed by atoms with Crippen molar-refractivity contribution in [3.8, 4) is 0 Å². The van der Waals surface area contributed by atoms with Gasteiger partial charge in [-0.05, 0) is 51.5 Å². The molecule has 1 aromatic carbocycles. The van der Waals surface area contributed by atoms with Crippen molar-refractivity contribution in [1.82, 2.24) is 15.0 Å². The van der Waals surface area contributed by atoms with E-state index in [9.17, 15) is 4.39 Å². The molecule has 3 rings (SSSR count). The molecule has 1 fully saturated rings. The third-order valence-electron chi connectivity index (χ3n) is 4.67. The molecule has 1 aromatic heterocycles. The van der Waals surface area contributed by atoms with Crippen LogP contribution in [0.3, 0.4) is 0 Å². The molecule has 0 radical (unpaired) electrons. The summed E-state index contributed by atoms with van der Waals surface area (Å²) >= 11 is 12.1. The minimum atomic E-state index is -1.06. The highest BCUT2D eigenvalue weighted by Crippen LogP contribution is 2.39. The van der Waals surface area contributed by atoms with E-state index in [2.05, 4.69) is 10.3 Å². The van der Waals surface area contributed by atoms with Gasteiger partial charge in [-0.1, -0.05) is 34.5 Å². The van der Waals surface area contributed by atoms with Crippen molar-refractivity contribution in [1.29, 1.82) is 0 Å². The van der Waals surface area contributed by atoms with Crippen LogP contribution in [0, 0.1) is 0 Å². The lowest BCUT2D eigenvalue weighted by molar-refractivity contribution is 0.00578. The fourth-order valence-corrected chi connectivity index (χ4v) is 2.91. The van der Waals surface area contributed by atoms with E-state index in [1.54, 1.807) is 23.0 Å². The van der Waals surface area contributed by atoms with Crippen LogP contribution in [0.5, 0.6) is 0 Å². The molecule has 0 bridgehead atoms. The van der Waals surface area contributed by atoms with Gasteiger partial charge < -0.3 is 9.31 Å². The zero-order valence-electron chi connectivity index (χ0n) is 15.0. The molecule has 0 N–H and O–H groups in total. The van der Waals surface area contributed by atoms with Crippen molar-refractivity contribution in [2.24, 2.45) is 0 Å². The highest BCUT2D eigenvalue weighted by molar-refractivity contribution is 6.54. The highest BCUT2D eigenvalue weighted by Gasteiger charge is 2.53. The van der Waals surface area contributed by atoms with Crippen LogP contribution in [0.15, 0.2) is 30.1 Å². The van der Waals surface area contributed by atoms with Crippen molar-refractivity contribution in [2.75, 3.05) is 0 Å². The summed E-state index contributed by atoms with van der Waals surface area (Å²) in [6.45, 7) is 7.87. The van der Waals surface area contributed by atoms with Crippen LogP contribution < -0.4 is 0 Å². The van der Waals surface area contributed by atoms with Crippen LogP contribution >= 0.6 is 23.2 Å². The molecule has 0 aliphatic carbocycles. The van der Waals surface area contributed by atoms with E-state index in [4.69, 9.17) is 32.5 Å². The monoisotopic (exact) mass is 397 g/mol. The quantitative estimate of drug-likeness (QED) is 0.708. The molecule has 0 saturated carbocycles. The largest absolute Gasteiger partial charge is 0.525 e. The highest BCUT2D eigenvalue weighted by atomic mass is 35.5. The van der Waals surface area contributed by atoms with E-state index < -0.39 is 24.0 Å². The van der Waals surface area contributed by atoms with Crippen LogP contribution in [0.1, 0.15) is 39.0 Å². The van der Waals surface area contributed by atoms with Gasteiger partial charge >= 0.3 is 7.12 Å². The minimum absolute atomic E-state index is 0.363. The Labute approximate surface area is 162 Å². The van der Waals surface area contributed by atoms with Crippen molar-refractivity contribution >= 4 is 36.4 Å². The Kier molecular flexibility index (Phi) is 5.18. The predicted octanol–water partition coefficient (Wildman–Crippen LogP) is 4.58. The molecule has 5 nitrogen and oxygen atoms in total. The van der Waals surface area contributed by atoms with Crippen LogP contribution in [0.4, 0.5) is 4.39 Å². The summed E-state index contributed by atoms with van der Waals surface area (Å²) in [5, 5.41) is 9.05. The Morgan fingerprint density at radius 3 is 2.50 bits per heavy atom. The molecule has 26 heavy (non-hydrogen) atoms. The summed E-state index contributed by atoms with van der Waals surface area (Å²) in [5.41, 5.74) is -0.567. The molecule has 2 aromatic rings. The van der Waals surface area contributed by atoms with Gasteiger partial charge in [-0.15, -0.1) is 5.10 Å². The second kappa shape index (κ2) is 6.96. The van der Waals surface area contributed by atoms with Crippen molar-refractivity contribution in [3.05, 3.63) is 51.4 Å². The number of hydrogen-bond acceptors (Lipinski definition) is 4. The summed E-state index contributed by atoms with van der Waals surface area (Å²) < 4.78 is 27.4. The molecular weight excluding hydrogens is 379 g/mol. The smallest absolute Gasteiger partial charge is 0.398 e. The van der Waals surface area contributed by atoms with E-state index in [0.29, 0.717) is 22.3 Å². The number of benzene rings is 1. The van der Waals surface area contributed by atoms with Gasteiger partial charge in [0.25, 0.3) is 0 Å². The SMILES string of the molecule is CC1(C)OB(C(F)=Cc2cn(Cc3ccc(Cl)cc3Cl)nn2)OC1(C)C. The average Bonchev–Trinajstić information content (AvgIpc) is 3.04. The van der Waals surface area contributed by atoms with Crippen molar-refractivity contribution in [2.45, 2.75) is 45.4 Å². The summed E-state index contributed by atoms with van der Waals surface area (Å²) in [4.78, 5) is 0. The van der Waals surface area contributed by atoms with Crippen LogP contribution in [0.2, 0.25) is 10.0 Å². The number of aromatic nitrogens is 3. The van der Waals surface area contributed by atoms with E-state index in [1.165, 1.54) is 6.08 Å². The van der Waals surface area contributed by atoms with Gasteiger partial charge in [0, 0.05) is 10.0 Å². The lowest BCUT2D eigenvalue weighted by Crippen LogP contribution is -2.41. The predicted molar refractivity (Wildman–Crippen MR) is 101 cm³/mol. The Bertz CT molecular complexity index is 838. The first kappa shape index (κ1) is 19.4. The van der Waals surface area contributed by atoms with Gasteiger partial charge in [0.15, 0.2) is 0 Å². The average molecular weight is 398 g/mol. The lowest BCUT2D eigenvalue weighted by Gasteiger charge is -2.32. The zero-order valence-corrected chi connectivity index (χ0v) is 16.5. The molecule has 1 saturated heterocycles. The van der Waals surface area contributed by atoms with Gasteiger partial charge in [0.1, 0.15) is 11.4 Å². The number of hydrogen-bond donors (Lipinski definition) is 0. The topological polar surface area (TPSA) is 49.2 Å². The fourth-order valence-electron chi connectivity index (χ4n) is 2.45. The third kappa shape index (κ3) is 3.96. The normalized spacial score (nSPS) is 19.2. The first-order valence-corrected chi connectivity index (χ1v) is 8.90. The maximum atomic E-state index is 14.5. The molecule has 138 valence electrons. The number of rotatable bonds is 4. The van der Waals surface area contributed by atoms with Crippen LogP contribution in [0.25, 0.3) is 6.08 Å². The molecule has 1 aliphatic heterocycles. The Balaban J connectivity index is 1.73. The minimum Gasteiger partial charge on any atom is -0.398 e. The summed E-state index contributed by atoms with van der Waals surface area (Å²) in [6.07, 6.45) is 2.88. The number of nitrogens with zero attached hydrogens (tertiary/aromatic N) is 3. The molecule has 1 aliphatic rings. The van der Waals surface area contributed by atoms with Crippen LogP contribution in [-0.2, 0) is 15.9 Å². The van der Waals surface area contributed by atoms with Gasteiger partial charge in [-0.2, -0.15) is 0 Å². The van der Waals surface area contributed by atoms with E-state index in [0.717, 1.165) is 5.56 Å². The Morgan fingerprint density at radius 2 is 1.88 bits per heavy atom. The van der Waals surface area contributed by atoms with Crippen LogP contribution in [-0.4, -0.2) is 33.3 Å². The first-order valence-electron chi connectivity index (χ1n) is 8.14. The second-order valence-electron chi connectivity index (χ2n) is 7.19. The molecule has 0 amide bonds. The molecule has 0 unspecified atom stereocenters. The summed E-state index contributed by atoms with van der Waals surface area (Å²) in [7, 11) is -1.06. The molecule has 9 heteroatoms. The lowest BCUT2D eigenvalue weighted by atomic mass is 9.87. The third-order valence-corrected chi connectivity index (χ3v) is 5.25. The van der Waals surface area contributed by atoms with Crippen molar-refractivity contribution < 1.29 is 13.7 Å². The Morgan fingerprint density at radius 1 is 1.23 bits per heavy atom. The van der Waals surface area contributed by atoms with E-state index >= 15 is 0 Å². The van der Waals surface area contributed by atoms with Gasteiger partial charge in [0.05, 0.1) is 23.9 Å². The summed E-state index contributed by atoms with van der Waals surface area (Å²) in [6, 6.07) is 5.22. The van der Waals surface area contributed by atoms with E-state index in [-0.39, 0.29) is 0 Å². The molecule has 0 atom stereocenters. The molecule has 2 heterocycles.